The number of hydrogen-bond acceptors (Lipinski definition) is 3. The maximum atomic E-state index is 13.5. The van der Waals surface area contributed by atoms with Gasteiger partial charge in [0, 0.05) is 22.9 Å². The molecule has 2 N–H and O–H groups in total. The Morgan fingerprint density at radius 3 is 2.48 bits per heavy atom. The number of nitrogens with one attached hydrogen (secondary N) is 2. The van der Waals surface area contributed by atoms with E-state index in [0.717, 1.165) is 9.86 Å². The van der Waals surface area contributed by atoms with Gasteiger partial charge in [-0.25, -0.2) is 4.39 Å². The van der Waals surface area contributed by atoms with Gasteiger partial charge in [-0.15, -0.1) is 0 Å². The number of furan rings is 1. The molecule has 25 heavy (non-hydrogen) atoms. The van der Waals surface area contributed by atoms with E-state index in [1.165, 1.54) is 18.2 Å². The van der Waals surface area contributed by atoms with E-state index in [2.05, 4.69) is 26.6 Å². The molecule has 7 heteroatoms. The van der Waals surface area contributed by atoms with Gasteiger partial charge in [-0.2, -0.15) is 0 Å². The number of carbonyl (C=O) groups is 2. The van der Waals surface area contributed by atoms with Crippen molar-refractivity contribution in [1.29, 1.82) is 0 Å². The van der Waals surface area contributed by atoms with Crippen molar-refractivity contribution in [1.82, 2.24) is 10.6 Å². The fourth-order valence-electron chi connectivity index (χ4n) is 2.31. The van der Waals surface area contributed by atoms with E-state index < -0.39 is 11.7 Å². The van der Waals surface area contributed by atoms with Gasteiger partial charge in [-0.3, -0.25) is 9.59 Å². The first-order valence-electron chi connectivity index (χ1n) is 7.54. The zero-order chi connectivity index (χ0) is 17.8. The van der Waals surface area contributed by atoms with Crippen molar-refractivity contribution in [2.24, 2.45) is 0 Å². The van der Waals surface area contributed by atoms with Gasteiger partial charge in [-0.05, 0) is 36.4 Å². The third-order valence-electron chi connectivity index (χ3n) is 3.52. The Morgan fingerprint density at radius 2 is 1.72 bits per heavy atom. The van der Waals surface area contributed by atoms with Crippen LogP contribution in [0.4, 0.5) is 4.39 Å². The molecule has 0 radical (unpaired) electrons. The van der Waals surface area contributed by atoms with Gasteiger partial charge in [-0.1, -0.05) is 28.1 Å². The van der Waals surface area contributed by atoms with E-state index in [1.54, 1.807) is 18.2 Å². The highest BCUT2D eigenvalue weighted by Crippen LogP contribution is 2.23. The first kappa shape index (κ1) is 17.2. The van der Waals surface area contributed by atoms with Crippen molar-refractivity contribution in [2.75, 3.05) is 13.1 Å². The first-order valence-corrected chi connectivity index (χ1v) is 8.34. The first-order chi connectivity index (χ1) is 12.0. The molecule has 3 aromatic rings. The Morgan fingerprint density at radius 1 is 1.00 bits per heavy atom. The van der Waals surface area contributed by atoms with E-state index in [9.17, 15) is 14.0 Å². The Bertz CT molecular complexity index is 939. The van der Waals surface area contributed by atoms with Crippen LogP contribution in [0.15, 0.2) is 57.4 Å². The monoisotopic (exact) mass is 404 g/mol. The Kier molecular flexibility index (Phi) is 5.14. The van der Waals surface area contributed by atoms with E-state index in [0.29, 0.717) is 5.58 Å². The molecule has 0 saturated carbocycles. The zero-order valence-corrected chi connectivity index (χ0v) is 14.6. The lowest BCUT2D eigenvalue weighted by atomic mass is 10.2. The molecule has 0 fully saturated rings. The van der Waals surface area contributed by atoms with Crippen LogP contribution in [0.25, 0.3) is 11.0 Å². The van der Waals surface area contributed by atoms with E-state index in [1.807, 2.05) is 12.1 Å². The van der Waals surface area contributed by atoms with Crippen molar-refractivity contribution in [3.63, 3.8) is 0 Å². The molecule has 1 aromatic heterocycles. The molecule has 0 spiro atoms. The summed E-state index contributed by atoms with van der Waals surface area (Å²) in [6.45, 7) is 0.366. The predicted molar refractivity (Wildman–Crippen MR) is 95.0 cm³/mol. The normalized spacial score (nSPS) is 10.6. The molecule has 0 atom stereocenters. The molecule has 2 aromatic carbocycles. The number of amides is 2. The van der Waals surface area contributed by atoms with Gasteiger partial charge >= 0.3 is 0 Å². The van der Waals surface area contributed by atoms with Gasteiger partial charge < -0.3 is 15.1 Å². The Hall–Kier alpha value is -2.67. The molecule has 0 bridgehead atoms. The average molecular weight is 405 g/mol. The highest BCUT2D eigenvalue weighted by Gasteiger charge is 2.13. The van der Waals surface area contributed by atoms with Crippen molar-refractivity contribution in [3.05, 3.63) is 70.1 Å². The van der Waals surface area contributed by atoms with Crippen LogP contribution in [0.1, 0.15) is 20.9 Å². The molecule has 2 amide bonds. The number of fused-ring (bicyclic) bond motifs is 1. The van der Waals surface area contributed by atoms with Crippen LogP contribution in [0.2, 0.25) is 0 Å². The van der Waals surface area contributed by atoms with Gasteiger partial charge in [0.25, 0.3) is 11.8 Å². The summed E-state index contributed by atoms with van der Waals surface area (Å²) >= 11 is 3.36. The number of rotatable bonds is 5. The lowest BCUT2D eigenvalue weighted by molar-refractivity contribution is 0.0911. The molecule has 0 unspecified atom stereocenters. The lowest BCUT2D eigenvalue weighted by Crippen LogP contribution is -2.34. The van der Waals surface area contributed by atoms with Gasteiger partial charge in [0.2, 0.25) is 0 Å². The van der Waals surface area contributed by atoms with E-state index in [4.69, 9.17) is 4.42 Å². The van der Waals surface area contributed by atoms with E-state index >= 15 is 0 Å². The highest BCUT2D eigenvalue weighted by molar-refractivity contribution is 9.10. The highest BCUT2D eigenvalue weighted by atomic mass is 79.9. The van der Waals surface area contributed by atoms with Crippen LogP contribution in [0.5, 0.6) is 0 Å². The Labute approximate surface area is 151 Å². The second-order valence-corrected chi connectivity index (χ2v) is 6.20. The molecule has 0 saturated heterocycles. The van der Waals surface area contributed by atoms with Crippen molar-refractivity contribution >= 4 is 38.7 Å². The summed E-state index contributed by atoms with van der Waals surface area (Å²) in [6.07, 6.45) is 0. The molecule has 0 aliphatic carbocycles. The lowest BCUT2D eigenvalue weighted by Gasteiger charge is -2.06. The van der Waals surface area contributed by atoms with Gasteiger partial charge in [0.15, 0.2) is 5.76 Å². The molecule has 128 valence electrons. The number of carbonyl (C=O) groups excluding carboxylic acids is 2. The third-order valence-corrected chi connectivity index (χ3v) is 4.01. The smallest absolute Gasteiger partial charge is 0.287 e. The zero-order valence-electron chi connectivity index (χ0n) is 13.0. The van der Waals surface area contributed by atoms with E-state index in [-0.39, 0.29) is 30.3 Å². The molecule has 3 rings (SSSR count). The molecule has 1 heterocycles. The minimum absolute atomic E-state index is 0.0308. The summed E-state index contributed by atoms with van der Waals surface area (Å²) in [6, 6.07) is 12.8. The van der Waals surface area contributed by atoms with Crippen LogP contribution < -0.4 is 10.6 Å². The van der Waals surface area contributed by atoms with Gasteiger partial charge in [0.05, 0.1) is 5.56 Å². The predicted octanol–water partition coefficient (Wildman–Crippen LogP) is 3.49. The molecular weight excluding hydrogens is 391 g/mol. The summed E-state index contributed by atoms with van der Waals surface area (Å²) in [4.78, 5) is 23.9. The molecule has 0 aliphatic rings. The number of halogens is 2. The Balaban J connectivity index is 1.52. The minimum atomic E-state index is -0.586. The summed E-state index contributed by atoms with van der Waals surface area (Å²) in [5.74, 6) is -1.31. The van der Waals surface area contributed by atoms with Crippen molar-refractivity contribution in [2.45, 2.75) is 0 Å². The quantitative estimate of drug-likeness (QED) is 0.639. The largest absolute Gasteiger partial charge is 0.451 e. The maximum absolute atomic E-state index is 13.5. The van der Waals surface area contributed by atoms with Crippen LogP contribution in [0, 0.1) is 5.82 Å². The van der Waals surface area contributed by atoms with Crippen molar-refractivity contribution < 1.29 is 18.4 Å². The second-order valence-electron chi connectivity index (χ2n) is 5.28. The SMILES string of the molecule is O=C(NCCNC(=O)c1ccccc1F)c1cc2cc(Br)ccc2o1. The van der Waals surface area contributed by atoms with Crippen LogP contribution in [0.3, 0.4) is 0 Å². The summed E-state index contributed by atoms with van der Waals surface area (Å²) < 4.78 is 19.9. The fourth-order valence-corrected chi connectivity index (χ4v) is 2.68. The van der Waals surface area contributed by atoms with Crippen LogP contribution in [-0.2, 0) is 0 Å². The topological polar surface area (TPSA) is 71.3 Å². The summed E-state index contributed by atoms with van der Waals surface area (Å²) in [5, 5.41) is 6.01. The second kappa shape index (κ2) is 7.48. The van der Waals surface area contributed by atoms with Crippen LogP contribution >= 0.6 is 15.9 Å². The minimum Gasteiger partial charge on any atom is -0.451 e. The summed E-state index contributed by atoms with van der Waals surface area (Å²) in [5.41, 5.74) is 0.581. The standard InChI is InChI=1S/C18H14BrFN2O3/c19-12-5-6-15-11(9-12)10-16(25-15)18(24)22-8-7-21-17(23)13-3-1-2-4-14(13)20/h1-6,9-10H,7-8H2,(H,21,23)(H,22,24). The molecule has 0 aliphatic heterocycles. The van der Waals surface area contributed by atoms with Crippen LogP contribution in [-0.4, -0.2) is 24.9 Å². The van der Waals surface area contributed by atoms with Crippen molar-refractivity contribution in [3.8, 4) is 0 Å². The number of benzene rings is 2. The average Bonchev–Trinajstić information content (AvgIpc) is 3.02. The number of hydrogen-bond donors (Lipinski definition) is 2. The summed E-state index contributed by atoms with van der Waals surface area (Å²) in [7, 11) is 0. The van der Waals surface area contributed by atoms with Gasteiger partial charge in [0.1, 0.15) is 11.4 Å². The molecule has 5 nitrogen and oxygen atoms in total. The fraction of sp³-hybridized carbons (Fsp3) is 0.111. The maximum Gasteiger partial charge on any atom is 0.287 e. The molecular formula is C18H14BrFN2O3. The third kappa shape index (κ3) is 4.06.